The van der Waals surface area contributed by atoms with Gasteiger partial charge in [0.05, 0.1) is 12.8 Å². The summed E-state index contributed by atoms with van der Waals surface area (Å²) in [6, 6.07) is 4.35. The Balaban J connectivity index is 1.50. The fourth-order valence-corrected chi connectivity index (χ4v) is 2.81. The second-order valence-corrected chi connectivity index (χ2v) is 6.34. The van der Waals surface area contributed by atoms with Crippen molar-refractivity contribution in [1.29, 1.82) is 0 Å². The zero-order chi connectivity index (χ0) is 18.5. The molecule has 3 rings (SSSR count). The van der Waals surface area contributed by atoms with Gasteiger partial charge in [0, 0.05) is 32.3 Å². The Bertz CT molecular complexity index is 659. The number of likely N-dealkylation sites (N-methyl/N-ethyl adjacent to an activating group) is 1. The number of carbonyl (C=O) groups excluding carboxylic acids is 2. The molecule has 2 aliphatic rings. The van der Waals surface area contributed by atoms with Crippen LogP contribution in [0.15, 0.2) is 18.2 Å². The van der Waals surface area contributed by atoms with Crippen LogP contribution in [0, 0.1) is 0 Å². The summed E-state index contributed by atoms with van der Waals surface area (Å²) in [4.78, 5) is 28.2. The Morgan fingerprint density at radius 3 is 2.88 bits per heavy atom. The Morgan fingerprint density at radius 1 is 1.31 bits per heavy atom. The SMILES string of the molecule is CC(C(=O)c1ccc2c(c1)OCO2)N(C)C(=O)OCCN1CCCOC1. The largest absolute Gasteiger partial charge is 0.454 e. The maximum Gasteiger partial charge on any atom is 0.410 e. The number of ketones is 1. The zero-order valence-electron chi connectivity index (χ0n) is 15.1. The van der Waals surface area contributed by atoms with Crippen molar-refractivity contribution in [2.24, 2.45) is 0 Å². The summed E-state index contributed by atoms with van der Waals surface area (Å²) < 4.78 is 21.2. The number of hydrogen-bond donors (Lipinski definition) is 0. The molecule has 1 aromatic carbocycles. The van der Waals surface area contributed by atoms with Gasteiger partial charge in [-0.2, -0.15) is 0 Å². The van der Waals surface area contributed by atoms with Crippen LogP contribution in [0.5, 0.6) is 11.5 Å². The lowest BCUT2D eigenvalue weighted by atomic mass is 10.0. The summed E-state index contributed by atoms with van der Waals surface area (Å²) in [6.45, 7) is 4.97. The smallest absolute Gasteiger partial charge is 0.410 e. The third kappa shape index (κ3) is 4.25. The van der Waals surface area contributed by atoms with Crippen molar-refractivity contribution in [1.82, 2.24) is 9.80 Å². The molecule has 2 aliphatic heterocycles. The highest BCUT2D eigenvalue weighted by Crippen LogP contribution is 2.32. The van der Waals surface area contributed by atoms with Crippen molar-refractivity contribution >= 4 is 11.9 Å². The molecule has 0 aromatic heterocycles. The molecule has 0 N–H and O–H groups in total. The van der Waals surface area contributed by atoms with Crippen molar-refractivity contribution < 1.29 is 28.5 Å². The van der Waals surface area contributed by atoms with Crippen LogP contribution in [0.4, 0.5) is 4.79 Å². The molecule has 0 aliphatic carbocycles. The monoisotopic (exact) mass is 364 g/mol. The van der Waals surface area contributed by atoms with Gasteiger partial charge < -0.3 is 23.8 Å². The van der Waals surface area contributed by atoms with Crippen molar-refractivity contribution in [2.45, 2.75) is 19.4 Å². The number of carbonyl (C=O) groups is 2. The van der Waals surface area contributed by atoms with Crippen LogP contribution >= 0.6 is 0 Å². The Morgan fingerprint density at radius 2 is 2.12 bits per heavy atom. The topological polar surface area (TPSA) is 77.5 Å². The van der Waals surface area contributed by atoms with Crippen molar-refractivity contribution in [3.63, 3.8) is 0 Å². The number of fused-ring (bicyclic) bond motifs is 1. The van der Waals surface area contributed by atoms with Crippen LogP contribution in [0.2, 0.25) is 0 Å². The summed E-state index contributed by atoms with van der Waals surface area (Å²) in [5.74, 6) is 0.966. The van der Waals surface area contributed by atoms with Gasteiger partial charge in [0.15, 0.2) is 17.3 Å². The van der Waals surface area contributed by atoms with Crippen LogP contribution in [0.3, 0.4) is 0 Å². The van der Waals surface area contributed by atoms with Crippen LogP contribution in [-0.2, 0) is 9.47 Å². The second kappa shape index (κ2) is 8.37. The number of amides is 1. The summed E-state index contributed by atoms with van der Waals surface area (Å²) in [7, 11) is 1.56. The molecule has 1 fully saturated rings. The molecule has 1 saturated heterocycles. The first-order valence-corrected chi connectivity index (χ1v) is 8.70. The van der Waals surface area contributed by atoms with Crippen molar-refractivity contribution in [3.05, 3.63) is 23.8 Å². The molecule has 1 atom stereocenters. The van der Waals surface area contributed by atoms with Crippen LogP contribution in [0.25, 0.3) is 0 Å². The number of ether oxygens (including phenoxy) is 4. The van der Waals surface area contributed by atoms with E-state index in [2.05, 4.69) is 4.90 Å². The molecular weight excluding hydrogens is 340 g/mol. The molecule has 142 valence electrons. The van der Waals surface area contributed by atoms with Gasteiger partial charge in [-0.1, -0.05) is 0 Å². The predicted molar refractivity (Wildman–Crippen MR) is 92.5 cm³/mol. The van der Waals surface area contributed by atoms with Crippen molar-refractivity contribution in [2.75, 3.05) is 46.9 Å². The molecule has 8 nitrogen and oxygen atoms in total. The molecular formula is C18H24N2O6. The van der Waals surface area contributed by atoms with E-state index in [9.17, 15) is 9.59 Å². The summed E-state index contributed by atoms with van der Waals surface area (Å²) in [6.07, 6.45) is 0.457. The Labute approximate surface area is 152 Å². The van der Waals surface area contributed by atoms with Crippen LogP contribution in [-0.4, -0.2) is 74.6 Å². The molecule has 2 heterocycles. The summed E-state index contributed by atoms with van der Waals surface area (Å²) in [5, 5.41) is 0. The molecule has 8 heteroatoms. The highest BCUT2D eigenvalue weighted by molar-refractivity contribution is 6.01. The number of nitrogens with zero attached hydrogens (tertiary/aromatic N) is 2. The first-order valence-electron chi connectivity index (χ1n) is 8.70. The molecule has 0 radical (unpaired) electrons. The van der Waals surface area contributed by atoms with E-state index in [1.54, 1.807) is 32.2 Å². The second-order valence-electron chi connectivity index (χ2n) is 6.34. The van der Waals surface area contributed by atoms with E-state index in [0.29, 0.717) is 30.3 Å². The van der Waals surface area contributed by atoms with E-state index in [0.717, 1.165) is 19.6 Å². The number of rotatable bonds is 6. The van der Waals surface area contributed by atoms with Crippen molar-refractivity contribution in [3.8, 4) is 11.5 Å². The standard InChI is InChI=1S/C18H24N2O6/c1-13(17(21)14-4-5-15-16(10-14)26-12-25-15)19(2)18(22)24-9-7-20-6-3-8-23-11-20/h4-5,10,13H,3,6-9,11-12H2,1-2H3. The number of Topliss-reactive ketones (excluding diaryl/α,β-unsaturated/α-hetero) is 1. The van der Waals surface area contributed by atoms with Gasteiger partial charge >= 0.3 is 6.09 Å². The molecule has 0 bridgehead atoms. The van der Waals surface area contributed by atoms with E-state index in [-0.39, 0.29) is 19.2 Å². The van der Waals surface area contributed by atoms with Gasteiger partial charge in [-0.05, 0) is 31.5 Å². The highest BCUT2D eigenvalue weighted by atomic mass is 16.7. The maximum absolute atomic E-state index is 12.6. The Kier molecular flexibility index (Phi) is 5.95. The summed E-state index contributed by atoms with van der Waals surface area (Å²) >= 11 is 0. The third-order valence-corrected chi connectivity index (χ3v) is 4.58. The average Bonchev–Trinajstić information content (AvgIpc) is 3.14. The van der Waals surface area contributed by atoms with E-state index < -0.39 is 12.1 Å². The minimum absolute atomic E-state index is 0.150. The zero-order valence-corrected chi connectivity index (χ0v) is 15.1. The van der Waals surface area contributed by atoms with Gasteiger partial charge in [-0.3, -0.25) is 9.69 Å². The quantitative estimate of drug-likeness (QED) is 0.712. The molecule has 1 unspecified atom stereocenters. The number of hydrogen-bond acceptors (Lipinski definition) is 7. The van der Waals surface area contributed by atoms with Crippen LogP contribution in [0.1, 0.15) is 23.7 Å². The minimum atomic E-state index is -0.652. The first kappa shape index (κ1) is 18.5. The molecule has 1 amide bonds. The van der Waals surface area contributed by atoms with Crippen LogP contribution < -0.4 is 9.47 Å². The Hall–Kier alpha value is -2.32. The maximum atomic E-state index is 12.6. The number of benzene rings is 1. The fourth-order valence-electron chi connectivity index (χ4n) is 2.81. The molecule has 0 spiro atoms. The molecule has 26 heavy (non-hydrogen) atoms. The highest BCUT2D eigenvalue weighted by Gasteiger charge is 2.26. The van der Waals surface area contributed by atoms with E-state index in [1.807, 2.05) is 0 Å². The van der Waals surface area contributed by atoms with E-state index in [1.165, 1.54) is 4.90 Å². The lowest BCUT2D eigenvalue weighted by Crippen LogP contribution is -2.42. The molecule has 1 aromatic rings. The first-order chi connectivity index (χ1) is 12.6. The predicted octanol–water partition coefficient (Wildman–Crippen LogP) is 1.73. The van der Waals surface area contributed by atoms with Gasteiger partial charge in [0.1, 0.15) is 6.61 Å². The van der Waals surface area contributed by atoms with E-state index in [4.69, 9.17) is 18.9 Å². The van der Waals surface area contributed by atoms with E-state index >= 15 is 0 Å². The lowest BCUT2D eigenvalue weighted by Gasteiger charge is -2.27. The lowest BCUT2D eigenvalue weighted by molar-refractivity contribution is -0.0224. The fraction of sp³-hybridized carbons (Fsp3) is 0.556. The minimum Gasteiger partial charge on any atom is -0.454 e. The van der Waals surface area contributed by atoms with Gasteiger partial charge in [-0.25, -0.2) is 4.79 Å². The third-order valence-electron chi connectivity index (χ3n) is 4.58. The average molecular weight is 364 g/mol. The summed E-state index contributed by atoms with van der Waals surface area (Å²) in [5.41, 5.74) is 0.465. The molecule has 0 saturated carbocycles. The van der Waals surface area contributed by atoms with Gasteiger partial charge in [0.25, 0.3) is 0 Å². The van der Waals surface area contributed by atoms with Gasteiger partial charge in [0.2, 0.25) is 6.79 Å². The normalized spacial score (nSPS) is 17.6. The van der Waals surface area contributed by atoms with Gasteiger partial charge in [-0.15, -0.1) is 0 Å².